The number of rotatable bonds is 4. The number of amides is 2. The van der Waals surface area contributed by atoms with Crippen molar-refractivity contribution in [3.63, 3.8) is 0 Å². The number of aliphatic carboxylic acids is 1. The van der Waals surface area contributed by atoms with E-state index in [0.717, 1.165) is 0 Å². The molecule has 1 rings (SSSR count). The quantitative estimate of drug-likeness (QED) is 0.786. The highest BCUT2D eigenvalue weighted by molar-refractivity contribution is 5.74. The third-order valence-corrected chi connectivity index (χ3v) is 2.77. The molecule has 0 aromatic rings. The number of piperidine rings is 1. The third kappa shape index (κ3) is 4.97. The smallest absolute Gasteiger partial charge is 0.317 e. The number of halogens is 2. The largest absolute Gasteiger partial charge is 0.481 e. The van der Waals surface area contributed by atoms with Crippen LogP contribution >= 0.6 is 0 Å². The van der Waals surface area contributed by atoms with E-state index in [1.165, 1.54) is 4.90 Å². The average molecular weight is 250 g/mol. The SMILES string of the molecule is O=C(O)CC1CCN(C(=O)NCC(F)F)CC1. The lowest BCUT2D eigenvalue weighted by atomic mass is 9.94. The summed E-state index contributed by atoms with van der Waals surface area (Å²) in [6.07, 6.45) is -1.24. The summed E-state index contributed by atoms with van der Waals surface area (Å²) < 4.78 is 23.7. The lowest BCUT2D eigenvalue weighted by Crippen LogP contribution is -2.45. The van der Waals surface area contributed by atoms with Gasteiger partial charge < -0.3 is 15.3 Å². The highest BCUT2D eigenvalue weighted by Gasteiger charge is 2.24. The summed E-state index contributed by atoms with van der Waals surface area (Å²) in [5.41, 5.74) is 0. The molecule has 0 aromatic heterocycles. The van der Waals surface area contributed by atoms with Crippen LogP contribution in [0.1, 0.15) is 19.3 Å². The molecule has 0 aliphatic carbocycles. The van der Waals surface area contributed by atoms with Crippen molar-refractivity contribution in [2.24, 2.45) is 5.92 Å². The molecule has 0 saturated carbocycles. The van der Waals surface area contributed by atoms with Gasteiger partial charge in [-0.3, -0.25) is 4.79 Å². The summed E-state index contributed by atoms with van der Waals surface area (Å²) in [4.78, 5) is 23.3. The first-order valence-corrected chi connectivity index (χ1v) is 5.51. The fourth-order valence-corrected chi connectivity index (χ4v) is 1.86. The Morgan fingerprint density at radius 3 is 2.41 bits per heavy atom. The van der Waals surface area contributed by atoms with Crippen LogP contribution in [0.3, 0.4) is 0 Å². The molecule has 1 saturated heterocycles. The van der Waals surface area contributed by atoms with Crippen molar-refractivity contribution >= 4 is 12.0 Å². The molecule has 0 aromatic carbocycles. The van der Waals surface area contributed by atoms with E-state index in [1.54, 1.807) is 0 Å². The fraction of sp³-hybridized carbons (Fsp3) is 0.800. The molecule has 98 valence electrons. The molecule has 0 bridgehead atoms. The van der Waals surface area contributed by atoms with E-state index >= 15 is 0 Å². The molecular formula is C10H16F2N2O3. The van der Waals surface area contributed by atoms with Crippen LogP contribution in [0.4, 0.5) is 13.6 Å². The summed E-state index contributed by atoms with van der Waals surface area (Å²) in [5.74, 6) is -0.766. The van der Waals surface area contributed by atoms with Crippen LogP contribution in [0.2, 0.25) is 0 Å². The number of carbonyl (C=O) groups excluding carboxylic acids is 1. The Morgan fingerprint density at radius 1 is 1.35 bits per heavy atom. The van der Waals surface area contributed by atoms with Crippen LogP contribution in [0.5, 0.6) is 0 Å². The van der Waals surface area contributed by atoms with Gasteiger partial charge >= 0.3 is 12.0 Å². The molecule has 1 aliphatic rings. The first kappa shape index (κ1) is 13.7. The average Bonchev–Trinajstić information content (AvgIpc) is 2.26. The highest BCUT2D eigenvalue weighted by Crippen LogP contribution is 2.20. The van der Waals surface area contributed by atoms with Crippen LogP contribution in [0.15, 0.2) is 0 Å². The number of urea groups is 1. The zero-order valence-corrected chi connectivity index (χ0v) is 9.36. The van der Waals surface area contributed by atoms with Crippen LogP contribution in [0, 0.1) is 5.92 Å². The number of nitrogens with zero attached hydrogens (tertiary/aromatic N) is 1. The van der Waals surface area contributed by atoms with Gasteiger partial charge in [0.2, 0.25) is 0 Å². The summed E-state index contributed by atoms with van der Waals surface area (Å²) in [7, 11) is 0. The number of carboxylic acid groups (broad SMARTS) is 1. The number of carboxylic acids is 1. The maximum atomic E-state index is 11.9. The molecule has 0 radical (unpaired) electrons. The molecule has 0 spiro atoms. The molecule has 17 heavy (non-hydrogen) atoms. The van der Waals surface area contributed by atoms with E-state index in [-0.39, 0.29) is 12.3 Å². The molecule has 5 nitrogen and oxygen atoms in total. The Balaban J connectivity index is 2.26. The van der Waals surface area contributed by atoms with Crippen LogP contribution in [-0.2, 0) is 4.79 Å². The molecule has 2 N–H and O–H groups in total. The Morgan fingerprint density at radius 2 is 1.94 bits per heavy atom. The summed E-state index contributed by atoms with van der Waals surface area (Å²) >= 11 is 0. The van der Waals surface area contributed by atoms with Gasteiger partial charge in [-0.1, -0.05) is 0 Å². The Kier molecular flexibility index (Phi) is 5.11. The Hall–Kier alpha value is -1.40. The van der Waals surface area contributed by atoms with E-state index in [9.17, 15) is 18.4 Å². The summed E-state index contributed by atoms with van der Waals surface area (Å²) in [6, 6.07) is -0.501. The normalized spacial score (nSPS) is 17.2. The van der Waals surface area contributed by atoms with E-state index in [0.29, 0.717) is 25.9 Å². The van der Waals surface area contributed by atoms with E-state index in [1.807, 2.05) is 0 Å². The maximum Gasteiger partial charge on any atom is 0.317 e. The summed E-state index contributed by atoms with van der Waals surface area (Å²) in [5, 5.41) is 10.7. The van der Waals surface area contributed by atoms with Crippen molar-refractivity contribution in [2.75, 3.05) is 19.6 Å². The monoisotopic (exact) mass is 250 g/mol. The first-order chi connectivity index (χ1) is 7.99. The van der Waals surface area contributed by atoms with Crippen molar-refractivity contribution in [1.82, 2.24) is 10.2 Å². The molecule has 0 unspecified atom stereocenters. The Labute approximate surface area is 97.8 Å². The number of carbonyl (C=O) groups is 2. The number of nitrogens with one attached hydrogen (secondary N) is 1. The predicted molar refractivity (Wildman–Crippen MR) is 56.0 cm³/mol. The Bertz CT molecular complexity index is 279. The molecule has 7 heteroatoms. The van der Waals surface area contributed by atoms with Gasteiger partial charge in [-0.25, -0.2) is 13.6 Å². The molecular weight excluding hydrogens is 234 g/mol. The molecule has 2 amide bonds. The fourth-order valence-electron chi connectivity index (χ4n) is 1.86. The van der Waals surface area contributed by atoms with Gasteiger partial charge in [0.25, 0.3) is 6.43 Å². The van der Waals surface area contributed by atoms with Gasteiger partial charge in [-0.15, -0.1) is 0 Å². The lowest BCUT2D eigenvalue weighted by Gasteiger charge is -2.31. The second kappa shape index (κ2) is 6.36. The first-order valence-electron chi connectivity index (χ1n) is 5.51. The molecule has 1 fully saturated rings. The van der Waals surface area contributed by atoms with Crippen molar-refractivity contribution < 1.29 is 23.5 Å². The topological polar surface area (TPSA) is 69.6 Å². The third-order valence-electron chi connectivity index (χ3n) is 2.77. The van der Waals surface area contributed by atoms with Crippen LogP contribution in [-0.4, -0.2) is 48.1 Å². The maximum absolute atomic E-state index is 11.9. The minimum absolute atomic E-state index is 0.0756. The van der Waals surface area contributed by atoms with E-state index in [4.69, 9.17) is 5.11 Å². The van der Waals surface area contributed by atoms with Crippen molar-refractivity contribution in [3.05, 3.63) is 0 Å². The number of hydrogen-bond acceptors (Lipinski definition) is 2. The zero-order valence-electron chi connectivity index (χ0n) is 9.36. The van der Waals surface area contributed by atoms with Crippen LogP contribution in [0.25, 0.3) is 0 Å². The standard InChI is InChI=1S/C10H16F2N2O3/c11-8(12)6-13-10(17)14-3-1-7(2-4-14)5-9(15)16/h7-8H,1-6H2,(H,13,17)(H,15,16). The van der Waals surface area contributed by atoms with Crippen molar-refractivity contribution in [3.8, 4) is 0 Å². The second-order valence-electron chi connectivity index (χ2n) is 4.11. The number of likely N-dealkylation sites (tertiary alicyclic amines) is 1. The van der Waals surface area contributed by atoms with E-state index in [2.05, 4.69) is 5.32 Å². The van der Waals surface area contributed by atoms with Gasteiger partial charge in [0, 0.05) is 19.5 Å². The minimum Gasteiger partial charge on any atom is -0.481 e. The van der Waals surface area contributed by atoms with Gasteiger partial charge in [-0.2, -0.15) is 0 Å². The second-order valence-corrected chi connectivity index (χ2v) is 4.11. The van der Waals surface area contributed by atoms with Crippen molar-refractivity contribution in [2.45, 2.75) is 25.7 Å². The lowest BCUT2D eigenvalue weighted by molar-refractivity contribution is -0.138. The zero-order chi connectivity index (χ0) is 12.8. The van der Waals surface area contributed by atoms with E-state index < -0.39 is 25.0 Å². The molecule has 0 atom stereocenters. The van der Waals surface area contributed by atoms with Gasteiger partial charge in [-0.05, 0) is 18.8 Å². The van der Waals surface area contributed by atoms with Gasteiger partial charge in [0.15, 0.2) is 0 Å². The van der Waals surface area contributed by atoms with Crippen LogP contribution < -0.4 is 5.32 Å². The van der Waals surface area contributed by atoms with Gasteiger partial charge in [0.05, 0.1) is 6.54 Å². The predicted octanol–water partition coefficient (Wildman–Crippen LogP) is 1.15. The molecule has 1 heterocycles. The molecule has 1 aliphatic heterocycles. The summed E-state index contributed by atoms with van der Waals surface area (Å²) in [6.45, 7) is 0.202. The van der Waals surface area contributed by atoms with Crippen molar-refractivity contribution in [1.29, 1.82) is 0 Å². The van der Waals surface area contributed by atoms with Gasteiger partial charge in [0.1, 0.15) is 0 Å². The number of alkyl halides is 2. The number of hydrogen-bond donors (Lipinski definition) is 2. The highest BCUT2D eigenvalue weighted by atomic mass is 19.3. The minimum atomic E-state index is -2.55.